The van der Waals surface area contributed by atoms with Crippen molar-refractivity contribution in [3.8, 4) is 17.4 Å². The number of methoxy groups -OCH3 is 1. The average molecular weight is 592 g/mol. The fourth-order valence-corrected chi connectivity index (χ4v) is 7.08. The molecule has 1 saturated heterocycles. The van der Waals surface area contributed by atoms with Crippen LogP contribution in [0.4, 0.5) is 11.5 Å². The van der Waals surface area contributed by atoms with E-state index in [9.17, 15) is 4.79 Å². The maximum atomic E-state index is 14.1. The zero-order valence-corrected chi connectivity index (χ0v) is 24.9. The third kappa shape index (κ3) is 5.29. The van der Waals surface area contributed by atoms with Gasteiger partial charge in [0.15, 0.2) is 38.2 Å². The van der Waals surface area contributed by atoms with Crippen molar-refractivity contribution in [2.45, 2.75) is 48.5 Å². The minimum absolute atomic E-state index is 0.0248. The first kappa shape index (κ1) is 28.0. The van der Waals surface area contributed by atoms with E-state index in [-0.39, 0.29) is 11.5 Å². The van der Waals surface area contributed by atoms with Crippen LogP contribution in [0.25, 0.3) is 10.9 Å². The van der Waals surface area contributed by atoms with Gasteiger partial charge in [-0.3, -0.25) is 9.69 Å². The van der Waals surface area contributed by atoms with E-state index < -0.39 is 5.59 Å². The highest BCUT2D eigenvalue weighted by molar-refractivity contribution is 7.99. The van der Waals surface area contributed by atoms with E-state index in [0.717, 1.165) is 65.0 Å². The van der Waals surface area contributed by atoms with Gasteiger partial charge in [-0.2, -0.15) is 0 Å². The molecule has 6 heterocycles. The van der Waals surface area contributed by atoms with Crippen LogP contribution in [-0.4, -0.2) is 74.0 Å². The van der Waals surface area contributed by atoms with Crippen molar-refractivity contribution in [1.82, 2.24) is 19.4 Å². The quantitative estimate of drug-likeness (QED) is 0.308. The first-order valence-electron chi connectivity index (χ1n) is 14.3. The van der Waals surface area contributed by atoms with E-state index in [1.54, 1.807) is 37.2 Å². The molecule has 1 atom stereocenters. The molecule has 3 aliphatic rings. The fourth-order valence-electron chi connectivity index (χ4n) is 6.12. The maximum absolute atomic E-state index is 14.1. The Balaban J connectivity index is 1.25. The van der Waals surface area contributed by atoms with Gasteiger partial charge < -0.3 is 29.0 Å². The topological polar surface area (TPSA) is 94.0 Å². The number of benzene rings is 1. The van der Waals surface area contributed by atoms with Crippen LogP contribution >= 0.6 is 11.8 Å². The molecule has 0 saturated carbocycles. The van der Waals surface area contributed by atoms with E-state index >= 15 is 0 Å². The fraction of sp³-hybridized carbons (Fsp3) is 0.367. The predicted octanol–water partition coefficient (Wildman–Crippen LogP) is 3.30. The SMILES string of the molecule is [B]C1([B])Oc2cc3c(=O)c(CN(Cc4ccnc(OC)c4)C4CCCN(c5ccc(NC)nc5)C4)c4n(c3cc2O1)CS4. The van der Waals surface area contributed by atoms with Gasteiger partial charge >= 0.3 is 0 Å². The number of rotatable bonds is 8. The number of ether oxygens (including phenoxy) is 3. The molecule has 1 N–H and O–H groups in total. The van der Waals surface area contributed by atoms with Crippen LogP contribution in [0.15, 0.2) is 58.6 Å². The van der Waals surface area contributed by atoms with Crippen LogP contribution < -0.4 is 29.9 Å². The summed E-state index contributed by atoms with van der Waals surface area (Å²) in [6, 6.07) is 11.8. The van der Waals surface area contributed by atoms with Gasteiger partial charge in [0.1, 0.15) is 5.82 Å². The monoisotopic (exact) mass is 592 g/mol. The molecule has 3 aromatic heterocycles. The lowest BCUT2D eigenvalue weighted by Crippen LogP contribution is -2.48. The van der Waals surface area contributed by atoms with Gasteiger partial charge in [0.25, 0.3) is 0 Å². The van der Waals surface area contributed by atoms with Gasteiger partial charge in [-0.05, 0) is 42.7 Å². The summed E-state index contributed by atoms with van der Waals surface area (Å²) in [4.78, 5) is 27.8. The van der Waals surface area contributed by atoms with E-state index in [4.69, 9.17) is 29.9 Å². The standard InChI is InChI=1S/C30H30B2N6O4S/c1-33-26-6-5-19(13-35-26)36-9-3-4-20(15-36)37(14-18-7-8-34-27(10-18)40-2)16-22-28(39)21-11-24-25(42-30(31,32)41-24)12-23(21)38-17-43-29(22)38/h5-8,10-13,20H,3-4,9,14-17H2,1-2H3,(H,33,35). The summed E-state index contributed by atoms with van der Waals surface area (Å²) in [6.07, 6.45) is 5.72. The summed E-state index contributed by atoms with van der Waals surface area (Å²) in [5.41, 5.74) is 1.94. The van der Waals surface area contributed by atoms with Crippen molar-refractivity contribution in [2.24, 2.45) is 0 Å². The number of pyridine rings is 3. The number of aromatic nitrogens is 3. The molecule has 1 unspecified atom stereocenters. The first-order valence-corrected chi connectivity index (χ1v) is 15.2. The Kier molecular flexibility index (Phi) is 7.17. The molecular formula is C30H30B2N6O4S. The van der Waals surface area contributed by atoms with E-state index in [1.165, 1.54) is 0 Å². The van der Waals surface area contributed by atoms with Crippen LogP contribution in [0.5, 0.6) is 17.4 Å². The highest BCUT2D eigenvalue weighted by atomic mass is 32.2. The Morgan fingerprint density at radius 1 is 1.16 bits per heavy atom. The van der Waals surface area contributed by atoms with Crippen molar-refractivity contribution in [2.75, 3.05) is 37.5 Å². The number of piperidine rings is 1. The van der Waals surface area contributed by atoms with Gasteiger partial charge in [0.05, 0.1) is 40.8 Å². The molecule has 216 valence electrons. The Morgan fingerprint density at radius 3 is 2.72 bits per heavy atom. The van der Waals surface area contributed by atoms with Crippen molar-refractivity contribution in [1.29, 1.82) is 0 Å². The summed E-state index contributed by atoms with van der Waals surface area (Å²) in [6.45, 7) is 2.90. The van der Waals surface area contributed by atoms with Gasteiger partial charge in [-0.1, -0.05) is 11.8 Å². The molecule has 4 radical (unpaired) electrons. The van der Waals surface area contributed by atoms with Gasteiger partial charge in [-0.15, -0.1) is 0 Å². The number of nitrogens with zero attached hydrogens (tertiary/aromatic N) is 5. The summed E-state index contributed by atoms with van der Waals surface area (Å²) in [7, 11) is 15.2. The lowest BCUT2D eigenvalue weighted by Gasteiger charge is -2.41. The summed E-state index contributed by atoms with van der Waals surface area (Å²) in [5.74, 6) is 2.95. The minimum atomic E-state index is -1.75. The molecule has 3 aliphatic heterocycles. The molecule has 10 nitrogen and oxygen atoms in total. The highest BCUT2D eigenvalue weighted by Crippen LogP contribution is 2.43. The second-order valence-electron chi connectivity index (χ2n) is 11.1. The summed E-state index contributed by atoms with van der Waals surface area (Å²) >= 11 is 1.68. The number of anilines is 2. The second kappa shape index (κ2) is 11.0. The largest absolute Gasteiger partial charge is 0.481 e. The van der Waals surface area contributed by atoms with Crippen molar-refractivity contribution in [3.05, 3.63) is 70.1 Å². The van der Waals surface area contributed by atoms with Crippen molar-refractivity contribution < 1.29 is 14.2 Å². The van der Waals surface area contributed by atoms with Crippen molar-refractivity contribution >= 4 is 49.9 Å². The molecule has 1 aromatic carbocycles. The summed E-state index contributed by atoms with van der Waals surface area (Å²) in [5, 5.41) is 4.62. The van der Waals surface area contributed by atoms with Gasteiger partial charge in [0.2, 0.25) is 5.88 Å². The van der Waals surface area contributed by atoms with Crippen LogP contribution in [0, 0.1) is 0 Å². The predicted molar refractivity (Wildman–Crippen MR) is 169 cm³/mol. The van der Waals surface area contributed by atoms with E-state index in [0.29, 0.717) is 35.9 Å². The zero-order valence-electron chi connectivity index (χ0n) is 24.1. The Hall–Kier alpha value is -3.83. The number of hydrogen-bond acceptors (Lipinski definition) is 10. The molecule has 4 aromatic rings. The van der Waals surface area contributed by atoms with Gasteiger partial charge in [0, 0.05) is 63.2 Å². The molecule has 0 amide bonds. The Bertz CT molecular complexity index is 1750. The Labute approximate surface area is 256 Å². The maximum Gasteiger partial charge on any atom is 0.213 e. The normalized spacial score (nSPS) is 18.4. The average Bonchev–Trinajstić information content (AvgIpc) is 3.31. The molecule has 1 fully saturated rings. The highest BCUT2D eigenvalue weighted by Gasteiger charge is 2.34. The van der Waals surface area contributed by atoms with E-state index in [2.05, 4.69) is 35.7 Å². The van der Waals surface area contributed by atoms with Crippen LogP contribution in [-0.2, 0) is 19.0 Å². The van der Waals surface area contributed by atoms with Crippen LogP contribution in [0.3, 0.4) is 0 Å². The number of thioether (sulfide) groups is 1. The number of nitrogens with one attached hydrogen (secondary N) is 1. The van der Waals surface area contributed by atoms with Crippen LogP contribution in [0.2, 0.25) is 0 Å². The molecule has 13 heteroatoms. The third-order valence-electron chi connectivity index (χ3n) is 8.28. The third-order valence-corrected chi connectivity index (χ3v) is 9.41. The minimum Gasteiger partial charge on any atom is -0.481 e. The number of fused-ring (bicyclic) bond motifs is 4. The lowest BCUT2D eigenvalue weighted by molar-refractivity contribution is 0.0834. The lowest BCUT2D eigenvalue weighted by atomic mass is 9.76. The smallest absolute Gasteiger partial charge is 0.213 e. The molecular weight excluding hydrogens is 562 g/mol. The van der Waals surface area contributed by atoms with E-state index in [1.807, 2.05) is 31.4 Å². The Morgan fingerprint density at radius 2 is 2.00 bits per heavy atom. The molecule has 43 heavy (non-hydrogen) atoms. The summed E-state index contributed by atoms with van der Waals surface area (Å²) < 4.78 is 18.7. The first-order chi connectivity index (χ1) is 20.8. The van der Waals surface area contributed by atoms with Crippen LogP contribution in [0.1, 0.15) is 24.0 Å². The second-order valence-corrected chi connectivity index (χ2v) is 12.0. The zero-order chi connectivity index (χ0) is 29.7. The molecule has 0 bridgehead atoms. The molecule has 0 spiro atoms. The molecule has 0 aliphatic carbocycles. The molecule has 7 rings (SSSR count). The van der Waals surface area contributed by atoms with Crippen molar-refractivity contribution in [3.63, 3.8) is 0 Å². The van der Waals surface area contributed by atoms with Gasteiger partial charge in [-0.25, -0.2) is 9.97 Å². The number of hydrogen-bond donors (Lipinski definition) is 1.